The molecule has 0 bridgehead atoms. The normalized spacial score (nSPS) is 12.1. The molecule has 1 N–H and O–H groups in total. The van der Waals surface area contributed by atoms with Crippen molar-refractivity contribution in [2.75, 3.05) is 13.9 Å². The Hall–Kier alpha value is -2.69. The molecule has 0 saturated heterocycles. The standard InChI is InChI=1S/C18H19NO4/c1-11-12(2)15(21-3)6-5-14(11)9-19-18(20)13-4-7-16-17(8-13)23-10-22-16/h4-8H,9-10H2,1-3H3,(H,19,20). The molecule has 3 rings (SSSR count). The van der Waals surface area contributed by atoms with E-state index in [2.05, 4.69) is 5.32 Å². The summed E-state index contributed by atoms with van der Waals surface area (Å²) in [5.41, 5.74) is 3.83. The van der Waals surface area contributed by atoms with Gasteiger partial charge in [0.05, 0.1) is 7.11 Å². The van der Waals surface area contributed by atoms with Crippen molar-refractivity contribution in [3.8, 4) is 17.2 Å². The number of nitrogens with one attached hydrogen (secondary N) is 1. The number of methoxy groups -OCH3 is 1. The summed E-state index contributed by atoms with van der Waals surface area (Å²) in [6.07, 6.45) is 0. The van der Waals surface area contributed by atoms with Crippen molar-refractivity contribution >= 4 is 5.91 Å². The van der Waals surface area contributed by atoms with Gasteiger partial charge in [0.25, 0.3) is 5.91 Å². The molecular weight excluding hydrogens is 294 g/mol. The predicted molar refractivity (Wildman–Crippen MR) is 86.2 cm³/mol. The minimum atomic E-state index is -0.142. The van der Waals surface area contributed by atoms with Crippen LogP contribution >= 0.6 is 0 Å². The highest BCUT2D eigenvalue weighted by atomic mass is 16.7. The molecule has 1 aliphatic rings. The van der Waals surface area contributed by atoms with Crippen molar-refractivity contribution in [3.63, 3.8) is 0 Å². The smallest absolute Gasteiger partial charge is 0.251 e. The molecule has 0 radical (unpaired) electrons. The van der Waals surface area contributed by atoms with Crippen LogP contribution in [0.15, 0.2) is 30.3 Å². The molecule has 5 heteroatoms. The van der Waals surface area contributed by atoms with Crippen LogP contribution in [0.1, 0.15) is 27.0 Å². The number of carbonyl (C=O) groups excluding carboxylic acids is 1. The molecule has 120 valence electrons. The van der Waals surface area contributed by atoms with Gasteiger partial charge in [-0.1, -0.05) is 6.07 Å². The van der Waals surface area contributed by atoms with Gasteiger partial charge in [-0.15, -0.1) is 0 Å². The quantitative estimate of drug-likeness (QED) is 0.943. The Morgan fingerprint density at radius 3 is 2.70 bits per heavy atom. The lowest BCUT2D eigenvalue weighted by Gasteiger charge is -2.13. The summed E-state index contributed by atoms with van der Waals surface area (Å²) in [5, 5.41) is 2.94. The summed E-state index contributed by atoms with van der Waals surface area (Å²) in [6.45, 7) is 4.70. The van der Waals surface area contributed by atoms with Crippen LogP contribution < -0.4 is 19.5 Å². The first kappa shape index (κ1) is 15.2. The summed E-state index contributed by atoms with van der Waals surface area (Å²) in [4.78, 5) is 12.3. The van der Waals surface area contributed by atoms with Gasteiger partial charge >= 0.3 is 0 Å². The molecule has 0 fully saturated rings. The molecule has 1 amide bonds. The number of carbonyl (C=O) groups is 1. The monoisotopic (exact) mass is 313 g/mol. The first-order chi connectivity index (χ1) is 11.1. The molecular formula is C18H19NO4. The van der Waals surface area contributed by atoms with Crippen molar-refractivity contribution in [1.29, 1.82) is 0 Å². The van der Waals surface area contributed by atoms with Crippen LogP contribution in [0.3, 0.4) is 0 Å². The minimum absolute atomic E-state index is 0.142. The molecule has 5 nitrogen and oxygen atoms in total. The summed E-state index contributed by atoms with van der Waals surface area (Å²) in [6, 6.07) is 9.07. The van der Waals surface area contributed by atoms with Gasteiger partial charge in [0, 0.05) is 12.1 Å². The first-order valence-corrected chi connectivity index (χ1v) is 7.41. The van der Waals surface area contributed by atoms with Gasteiger partial charge in [0.1, 0.15) is 5.75 Å². The molecule has 2 aromatic rings. The van der Waals surface area contributed by atoms with E-state index in [1.807, 2.05) is 26.0 Å². The van der Waals surface area contributed by atoms with Crippen LogP contribution in [0.25, 0.3) is 0 Å². The van der Waals surface area contributed by atoms with Gasteiger partial charge in [-0.05, 0) is 54.8 Å². The van der Waals surface area contributed by atoms with Gasteiger partial charge in [0.2, 0.25) is 6.79 Å². The lowest BCUT2D eigenvalue weighted by molar-refractivity contribution is 0.0950. The molecule has 1 aliphatic heterocycles. The van der Waals surface area contributed by atoms with E-state index in [1.54, 1.807) is 25.3 Å². The third-order valence-corrected chi connectivity index (χ3v) is 4.14. The Labute approximate surface area is 135 Å². The third kappa shape index (κ3) is 2.95. The van der Waals surface area contributed by atoms with Crippen molar-refractivity contribution in [3.05, 3.63) is 52.6 Å². The second-order valence-electron chi connectivity index (χ2n) is 5.43. The molecule has 1 heterocycles. The van der Waals surface area contributed by atoms with E-state index >= 15 is 0 Å². The third-order valence-electron chi connectivity index (χ3n) is 4.14. The van der Waals surface area contributed by atoms with Crippen molar-refractivity contribution < 1.29 is 19.0 Å². The predicted octanol–water partition coefficient (Wildman–Crippen LogP) is 2.97. The van der Waals surface area contributed by atoms with Crippen molar-refractivity contribution in [2.24, 2.45) is 0 Å². The van der Waals surface area contributed by atoms with Gasteiger partial charge in [-0.3, -0.25) is 4.79 Å². The Morgan fingerprint density at radius 2 is 1.91 bits per heavy atom. The lowest BCUT2D eigenvalue weighted by Crippen LogP contribution is -2.23. The van der Waals surface area contributed by atoms with E-state index in [0.717, 1.165) is 22.4 Å². The number of hydrogen-bond acceptors (Lipinski definition) is 4. The first-order valence-electron chi connectivity index (χ1n) is 7.41. The maximum atomic E-state index is 12.3. The average molecular weight is 313 g/mol. The van der Waals surface area contributed by atoms with Gasteiger partial charge < -0.3 is 19.5 Å². The lowest BCUT2D eigenvalue weighted by atomic mass is 10.0. The fraction of sp³-hybridized carbons (Fsp3) is 0.278. The number of ether oxygens (including phenoxy) is 3. The highest BCUT2D eigenvalue weighted by Gasteiger charge is 2.16. The van der Waals surface area contributed by atoms with E-state index < -0.39 is 0 Å². The van der Waals surface area contributed by atoms with Gasteiger partial charge in [-0.2, -0.15) is 0 Å². The zero-order chi connectivity index (χ0) is 16.4. The van der Waals surface area contributed by atoms with Crippen molar-refractivity contribution in [2.45, 2.75) is 20.4 Å². The van der Waals surface area contributed by atoms with Crippen LogP contribution in [0.5, 0.6) is 17.2 Å². The number of rotatable bonds is 4. The van der Waals surface area contributed by atoms with E-state index in [4.69, 9.17) is 14.2 Å². The molecule has 0 atom stereocenters. The topological polar surface area (TPSA) is 56.8 Å². The van der Waals surface area contributed by atoms with E-state index in [1.165, 1.54) is 0 Å². The Morgan fingerprint density at radius 1 is 1.13 bits per heavy atom. The molecule has 0 unspecified atom stereocenters. The molecule has 0 aliphatic carbocycles. The van der Waals surface area contributed by atoms with Crippen LogP contribution in [-0.4, -0.2) is 19.8 Å². The fourth-order valence-corrected chi connectivity index (χ4v) is 2.58. The summed E-state index contributed by atoms with van der Waals surface area (Å²) in [7, 11) is 1.66. The number of amides is 1. The van der Waals surface area contributed by atoms with Crippen LogP contribution in [0.2, 0.25) is 0 Å². The van der Waals surface area contributed by atoms with Crippen LogP contribution in [0.4, 0.5) is 0 Å². The van der Waals surface area contributed by atoms with Gasteiger partial charge in [-0.25, -0.2) is 0 Å². The summed E-state index contributed by atoms with van der Waals surface area (Å²) in [5.74, 6) is 1.99. The minimum Gasteiger partial charge on any atom is -0.496 e. The molecule has 0 saturated carbocycles. The number of benzene rings is 2. The Balaban J connectivity index is 1.71. The van der Waals surface area contributed by atoms with E-state index in [0.29, 0.717) is 23.6 Å². The zero-order valence-corrected chi connectivity index (χ0v) is 13.4. The van der Waals surface area contributed by atoms with E-state index in [9.17, 15) is 4.79 Å². The summed E-state index contributed by atoms with van der Waals surface area (Å²) >= 11 is 0. The molecule has 0 aromatic heterocycles. The van der Waals surface area contributed by atoms with Crippen molar-refractivity contribution in [1.82, 2.24) is 5.32 Å². The highest BCUT2D eigenvalue weighted by molar-refractivity contribution is 5.94. The molecule has 23 heavy (non-hydrogen) atoms. The van der Waals surface area contributed by atoms with Crippen LogP contribution in [-0.2, 0) is 6.54 Å². The second-order valence-corrected chi connectivity index (χ2v) is 5.43. The average Bonchev–Trinajstić information content (AvgIpc) is 3.03. The number of fused-ring (bicyclic) bond motifs is 1. The molecule has 2 aromatic carbocycles. The fourth-order valence-electron chi connectivity index (χ4n) is 2.58. The largest absolute Gasteiger partial charge is 0.496 e. The SMILES string of the molecule is COc1ccc(CNC(=O)c2ccc3c(c2)OCO3)c(C)c1C. The van der Waals surface area contributed by atoms with Crippen LogP contribution in [0, 0.1) is 13.8 Å². The number of hydrogen-bond donors (Lipinski definition) is 1. The maximum Gasteiger partial charge on any atom is 0.251 e. The second kappa shape index (κ2) is 6.20. The summed E-state index contributed by atoms with van der Waals surface area (Å²) < 4.78 is 15.8. The zero-order valence-electron chi connectivity index (χ0n) is 13.4. The van der Waals surface area contributed by atoms with Gasteiger partial charge in [0.15, 0.2) is 11.5 Å². The highest BCUT2D eigenvalue weighted by Crippen LogP contribution is 2.32. The Bertz CT molecular complexity index is 755. The Kier molecular flexibility index (Phi) is 4.10. The molecule has 0 spiro atoms. The maximum absolute atomic E-state index is 12.3. The van der Waals surface area contributed by atoms with E-state index in [-0.39, 0.29) is 12.7 Å².